The first-order chi connectivity index (χ1) is 15.7. The fourth-order valence-corrected chi connectivity index (χ4v) is 4.31. The summed E-state index contributed by atoms with van der Waals surface area (Å²) in [7, 11) is 0.428. The number of nitrogens with zero attached hydrogens (tertiary/aromatic N) is 1. The molecular formula is C28H45NO3S. The molecule has 0 radical (unpaired) electrons. The van der Waals surface area contributed by atoms with Gasteiger partial charge in [0, 0.05) is 6.04 Å². The van der Waals surface area contributed by atoms with Crippen LogP contribution in [0.15, 0.2) is 59.5 Å². The standard InChI is InChI=1S/C21H37N.C7H8O3S/c1-4-5-6-7-8-9-10-11-15-18-21(22(2)3)19-20-16-13-12-14-17-20;1-6-2-4-7(5-3-6)11(8,9)10/h12-14,16-17,21H,4-11,15,18-19H2,1-3H3;2-5H,1H3,(H,8,9,10). The molecule has 0 amide bonds. The number of benzene rings is 2. The van der Waals surface area contributed by atoms with Gasteiger partial charge in [0.1, 0.15) is 0 Å². The van der Waals surface area contributed by atoms with Gasteiger partial charge in [0.25, 0.3) is 10.1 Å². The lowest BCUT2D eigenvalue weighted by Crippen LogP contribution is -2.30. The van der Waals surface area contributed by atoms with Gasteiger partial charge in [0.05, 0.1) is 4.90 Å². The van der Waals surface area contributed by atoms with Crippen molar-refractivity contribution in [3.63, 3.8) is 0 Å². The summed E-state index contributed by atoms with van der Waals surface area (Å²) in [5, 5.41) is 0. The third kappa shape index (κ3) is 14.2. The average Bonchev–Trinajstić information content (AvgIpc) is 2.78. The molecule has 186 valence electrons. The second-order valence-corrected chi connectivity index (χ2v) is 10.6. The molecular weight excluding hydrogens is 430 g/mol. The monoisotopic (exact) mass is 475 g/mol. The minimum Gasteiger partial charge on any atom is -0.306 e. The molecule has 5 heteroatoms. The average molecular weight is 476 g/mol. The highest BCUT2D eigenvalue weighted by Crippen LogP contribution is 2.16. The molecule has 2 aromatic carbocycles. The first-order valence-corrected chi connectivity index (χ1v) is 13.9. The third-order valence-corrected chi connectivity index (χ3v) is 6.87. The van der Waals surface area contributed by atoms with Gasteiger partial charge in [-0.1, -0.05) is 113 Å². The van der Waals surface area contributed by atoms with Crippen LogP contribution in [-0.4, -0.2) is 38.0 Å². The zero-order valence-corrected chi connectivity index (χ0v) is 22.0. The Morgan fingerprint density at radius 3 is 1.79 bits per heavy atom. The van der Waals surface area contributed by atoms with Crippen molar-refractivity contribution in [3.05, 3.63) is 65.7 Å². The Hall–Kier alpha value is -1.69. The second-order valence-electron chi connectivity index (χ2n) is 9.21. The van der Waals surface area contributed by atoms with E-state index in [2.05, 4.69) is 56.3 Å². The topological polar surface area (TPSA) is 57.6 Å². The predicted octanol–water partition coefficient (Wildman–Crippen LogP) is 7.32. The van der Waals surface area contributed by atoms with Crippen molar-refractivity contribution >= 4 is 10.1 Å². The van der Waals surface area contributed by atoms with Crippen LogP contribution in [0.1, 0.15) is 82.3 Å². The molecule has 1 atom stereocenters. The van der Waals surface area contributed by atoms with E-state index in [-0.39, 0.29) is 4.90 Å². The van der Waals surface area contributed by atoms with Crippen LogP contribution >= 0.6 is 0 Å². The van der Waals surface area contributed by atoms with Gasteiger partial charge in [-0.2, -0.15) is 8.42 Å². The van der Waals surface area contributed by atoms with Gasteiger partial charge in [-0.25, -0.2) is 0 Å². The molecule has 1 unspecified atom stereocenters. The predicted molar refractivity (Wildman–Crippen MR) is 140 cm³/mol. The van der Waals surface area contributed by atoms with E-state index in [1.807, 2.05) is 6.92 Å². The SMILES string of the molecule is CCCCCCCCCCCC(Cc1ccccc1)N(C)C.Cc1ccc(S(=O)(=O)O)cc1. The Bertz CT molecular complexity index is 833. The van der Waals surface area contributed by atoms with E-state index in [1.54, 1.807) is 12.1 Å². The van der Waals surface area contributed by atoms with Gasteiger partial charge >= 0.3 is 0 Å². The zero-order valence-electron chi connectivity index (χ0n) is 21.2. The van der Waals surface area contributed by atoms with Gasteiger partial charge < -0.3 is 4.90 Å². The van der Waals surface area contributed by atoms with Gasteiger partial charge in [-0.05, 0) is 51.6 Å². The Morgan fingerprint density at radius 2 is 1.30 bits per heavy atom. The molecule has 0 aliphatic rings. The van der Waals surface area contributed by atoms with Gasteiger partial charge in [0.2, 0.25) is 0 Å². The minimum absolute atomic E-state index is 0.0666. The molecule has 0 aromatic heterocycles. The highest BCUT2D eigenvalue weighted by atomic mass is 32.2. The van der Waals surface area contributed by atoms with Crippen LogP contribution in [0.3, 0.4) is 0 Å². The molecule has 0 aliphatic carbocycles. The quantitative estimate of drug-likeness (QED) is 0.230. The van der Waals surface area contributed by atoms with Gasteiger partial charge in [0.15, 0.2) is 0 Å². The maximum Gasteiger partial charge on any atom is 0.294 e. The molecule has 0 saturated heterocycles. The Morgan fingerprint density at radius 1 is 0.788 bits per heavy atom. The van der Waals surface area contributed by atoms with E-state index in [0.717, 1.165) is 5.56 Å². The number of aryl methyl sites for hydroxylation is 1. The van der Waals surface area contributed by atoms with Crippen LogP contribution in [0.4, 0.5) is 0 Å². The second kappa shape index (κ2) is 16.9. The number of hydrogen-bond acceptors (Lipinski definition) is 3. The molecule has 0 saturated carbocycles. The number of hydrogen-bond donors (Lipinski definition) is 1. The van der Waals surface area contributed by atoms with E-state index in [1.165, 1.54) is 88.3 Å². The molecule has 0 aliphatic heterocycles. The van der Waals surface area contributed by atoms with Crippen LogP contribution in [0, 0.1) is 6.92 Å². The minimum atomic E-state index is -4.02. The summed E-state index contributed by atoms with van der Waals surface area (Å²) in [6, 6.07) is 17.6. The summed E-state index contributed by atoms with van der Waals surface area (Å²) in [6.07, 6.45) is 15.3. The highest BCUT2D eigenvalue weighted by molar-refractivity contribution is 7.85. The molecule has 2 rings (SSSR count). The van der Waals surface area contributed by atoms with Crippen molar-refractivity contribution in [2.45, 2.75) is 95.4 Å². The Labute approximate surface area is 203 Å². The lowest BCUT2D eigenvalue weighted by atomic mass is 9.98. The van der Waals surface area contributed by atoms with Crippen molar-refractivity contribution in [2.75, 3.05) is 14.1 Å². The highest BCUT2D eigenvalue weighted by Gasteiger charge is 2.11. The number of unbranched alkanes of at least 4 members (excludes halogenated alkanes) is 8. The number of rotatable bonds is 14. The van der Waals surface area contributed by atoms with E-state index in [9.17, 15) is 8.42 Å². The summed E-state index contributed by atoms with van der Waals surface area (Å²) < 4.78 is 29.6. The maximum absolute atomic E-state index is 10.5. The lowest BCUT2D eigenvalue weighted by Gasteiger charge is -2.24. The van der Waals surface area contributed by atoms with Crippen molar-refractivity contribution in [2.24, 2.45) is 0 Å². The maximum atomic E-state index is 10.5. The largest absolute Gasteiger partial charge is 0.306 e. The van der Waals surface area contributed by atoms with Crippen LogP contribution in [0.2, 0.25) is 0 Å². The van der Waals surface area contributed by atoms with Crippen LogP contribution in [0.5, 0.6) is 0 Å². The zero-order chi connectivity index (χ0) is 24.5. The van der Waals surface area contributed by atoms with Crippen LogP contribution in [0.25, 0.3) is 0 Å². The van der Waals surface area contributed by atoms with E-state index >= 15 is 0 Å². The van der Waals surface area contributed by atoms with Crippen molar-refractivity contribution in [1.29, 1.82) is 0 Å². The molecule has 0 spiro atoms. The summed E-state index contributed by atoms with van der Waals surface area (Å²) in [6.45, 7) is 4.13. The fraction of sp³-hybridized carbons (Fsp3) is 0.571. The van der Waals surface area contributed by atoms with Crippen LogP contribution in [-0.2, 0) is 16.5 Å². The van der Waals surface area contributed by atoms with Crippen LogP contribution < -0.4 is 0 Å². The first-order valence-electron chi connectivity index (χ1n) is 12.5. The van der Waals surface area contributed by atoms with E-state index < -0.39 is 10.1 Å². The Balaban J connectivity index is 0.000000412. The van der Waals surface area contributed by atoms with Gasteiger partial charge in [-0.15, -0.1) is 0 Å². The molecule has 4 nitrogen and oxygen atoms in total. The molecule has 0 heterocycles. The summed E-state index contributed by atoms with van der Waals surface area (Å²) in [4.78, 5) is 2.33. The summed E-state index contributed by atoms with van der Waals surface area (Å²) >= 11 is 0. The fourth-order valence-electron chi connectivity index (χ4n) is 3.83. The summed E-state index contributed by atoms with van der Waals surface area (Å²) in [5.74, 6) is 0. The lowest BCUT2D eigenvalue weighted by molar-refractivity contribution is 0.269. The smallest absolute Gasteiger partial charge is 0.294 e. The third-order valence-electron chi connectivity index (χ3n) is 6.00. The summed E-state index contributed by atoms with van der Waals surface area (Å²) in [5.41, 5.74) is 2.43. The van der Waals surface area contributed by atoms with Crippen molar-refractivity contribution in [1.82, 2.24) is 4.90 Å². The van der Waals surface area contributed by atoms with Crippen molar-refractivity contribution < 1.29 is 13.0 Å². The molecule has 33 heavy (non-hydrogen) atoms. The molecule has 2 aromatic rings. The van der Waals surface area contributed by atoms with E-state index in [4.69, 9.17) is 4.55 Å². The molecule has 1 N–H and O–H groups in total. The van der Waals surface area contributed by atoms with Gasteiger partial charge in [-0.3, -0.25) is 4.55 Å². The molecule has 0 bridgehead atoms. The van der Waals surface area contributed by atoms with E-state index in [0.29, 0.717) is 6.04 Å². The number of likely N-dealkylation sites (N-methyl/N-ethyl adjacent to an activating group) is 1. The van der Waals surface area contributed by atoms with Crippen molar-refractivity contribution in [3.8, 4) is 0 Å². The first kappa shape index (κ1) is 29.3. The molecule has 0 fully saturated rings. The normalized spacial score (nSPS) is 12.3. The Kier molecular flexibility index (Phi) is 15.0.